The zero-order valence-corrected chi connectivity index (χ0v) is 22.7. The number of esters is 2. The molecule has 0 radical (unpaired) electrons. The highest BCUT2D eigenvalue weighted by atomic mass is 16.5. The van der Waals surface area contributed by atoms with E-state index in [1.807, 2.05) is 24.4 Å². The SMILES string of the molecule is CCCCCCCCOC(=O)c1ccccc1C(=O)OCCCCCCCC.c1cnc2[nH]ccc2c1. The van der Waals surface area contributed by atoms with Gasteiger partial charge >= 0.3 is 11.9 Å². The van der Waals surface area contributed by atoms with Gasteiger partial charge in [-0.1, -0.05) is 90.2 Å². The Bertz CT molecular complexity index is 951. The van der Waals surface area contributed by atoms with Crippen LogP contribution in [0, 0.1) is 0 Å². The van der Waals surface area contributed by atoms with E-state index < -0.39 is 11.9 Å². The molecule has 0 spiro atoms. The van der Waals surface area contributed by atoms with Crippen LogP contribution in [0.3, 0.4) is 0 Å². The second-order valence-electron chi connectivity index (χ2n) is 9.27. The number of hydrogen-bond donors (Lipinski definition) is 1. The minimum absolute atomic E-state index is 0.293. The zero-order chi connectivity index (χ0) is 26.6. The van der Waals surface area contributed by atoms with Gasteiger partial charge in [-0.3, -0.25) is 0 Å². The molecule has 0 amide bonds. The average molecular weight is 509 g/mol. The van der Waals surface area contributed by atoms with Crippen LogP contribution >= 0.6 is 0 Å². The number of pyridine rings is 1. The lowest BCUT2D eigenvalue weighted by Crippen LogP contribution is -2.15. The first-order valence-electron chi connectivity index (χ1n) is 14.0. The Morgan fingerprint density at radius 2 is 1.19 bits per heavy atom. The molecule has 0 saturated carbocycles. The monoisotopic (exact) mass is 508 g/mol. The van der Waals surface area contributed by atoms with E-state index in [0.29, 0.717) is 24.3 Å². The van der Waals surface area contributed by atoms with E-state index in [1.165, 1.54) is 51.4 Å². The lowest BCUT2D eigenvalue weighted by atomic mass is 10.1. The van der Waals surface area contributed by atoms with Gasteiger partial charge in [0.05, 0.1) is 24.3 Å². The number of nitrogens with zero attached hydrogens (tertiary/aromatic N) is 1. The molecule has 6 heteroatoms. The second-order valence-corrected chi connectivity index (χ2v) is 9.27. The molecule has 2 aromatic heterocycles. The van der Waals surface area contributed by atoms with Crippen LogP contribution in [-0.4, -0.2) is 35.1 Å². The normalized spacial score (nSPS) is 10.5. The van der Waals surface area contributed by atoms with E-state index in [0.717, 1.165) is 36.7 Å². The van der Waals surface area contributed by atoms with Gasteiger partial charge in [-0.05, 0) is 43.2 Å². The van der Waals surface area contributed by atoms with Crippen LogP contribution in [0.15, 0.2) is 54.9 Å². The molecule has 0 fully saturated rings. The second kappa shape index (κ2) is 19.0. The van der Waals surface area contributed by atoms with Gasteiger partial charge in [-0.2, -0.15) is 0 Å². The van der Waals surface area contributed by atoms with Crippen molar-refractivity contribution in [2.75, 3.05) is 13.2 Å². The van der Waals surface area contributed by atoms with E-state index >= 15 is 0 Å². The van der Waals surface area contributed by atoms with Crippen LogP contribution in [0.1, 0.15) is 112 Å². The van der Waals surface area contributed by atoms with Gasteiger partial charge in [0.25, 0.3) is 0 Å². The van der Waals surface area contributed by atoms with E-state index in [-0.39, 0.29) is 0 Å². The summed E-state index contributed by atoms with van der Waals surface area (Å²) < 4.78 is 10.7. The van der Waals surface area contributed by atoms with E-state index in [4.69, 9.17) is 9.47 Å². The fraction of sp³-hybridized carbons (Fsp3) is 0.516. The van der Waals surface area contributed by atoms with Crippen molar-refractivity contribution >= 4 is 23.0 Å². The molecule has 37 heavy (non-hydrogen) atoms. The average Bonchev–Trinajstić information content (AvgIpc) is 3.41. The highest BCUT2D eigenvalue weighted by molar-refractivity contribution is 6.03. The fourth-order valence-electron chi connectivity index (χ4n) is 3.97. The Kier molecular flexibility index (Phi) is 15.5. The third-order valence-electron chi connectivity index (χ3n) is 6.15. The number of hydrogen-bond acceptors (Lipinski definition) is 5. The van der Waals surface area contributed by atoms with Crippen molar-refractivity contribution in [3.63, 3.8) is 0 Å². The number of carbonyl (C=O) groups is 2. The predicted octanol–water partition coefficient (Wildman–Crippen LogP) is 8.28. The molecule has 6 nitrogen and oxygen atoms in total. The Morgan fingerprint density at radius 3 is 1.70 bits per heavy atom. The molecule has 0 unspecified atom stereocenters. The maximum absolute atomic E-state index is 12.4. The summed E-state index contributed by atoms with van der Waals surface area (Å²) in [6.45, 7) is 5.17. The minimum Gasteiger partial charge on any atom is -0.462 e. The zero-order valence-electron chi connectivity index (χ0n) is 22.7. The van der Waals surface area contributed by atoms with Crippen molar-refractivity contribution in [2.24, 2.45) is 0 Å². The number of unbranched alkanes of at least 4 members (excludes halogenated alkanes) is 10. The fourth-order valence-corrected chi connectivity index (χ4v) is 3.97. The van der Waals surface area contributed by atoms with Crippen LogP contribution in [0.2, 0.25) is 0 Å². The number of fused-ring (bicyclic) bond motifs is 1. The van der Waals surface area contributed by atoms with Gasteiger partial charge < -0.3 is 14.5 Å². The molecule has 0 aliphatic rings. The van der Waals surface area contributed by atoms with Gasteiger partial charge in [-0.15, -0.1) is 0 Å². The van der Waals surface area contributed by atoms with Crippen LogP contribution in [0.25, 0.3) is 11.0 Å². The molecular weight excluding hydrogens is 464 g/mol. The van der Waals surface area contributed by atoms with Crippen molar-refractivity contribution in [3.8, 4) is 0 Å². The molecule has 0 bridgehead atoms. The number of benzene rings is 1. The van der Waals surface area contributed by atoms with Crippen LogP contribution < -0.4 is 0 Å². The van der Waals surface area contributed by atoms with Gasteiger partial charge in [0, 0.05) is 17.8 Å². The lowest BCUT2D eigenvalue weighted by Gasteiger charge is -2.10. The van der Waals surface area contributed by atoms with Crippen molar-refractivity contribution in [1.29, 1.82) is 0 Å². The summed E-state index contributed by atoms with van der Waals surface area (Å²) in [5, 5.41) is 1.16. The molecule has 0 aliphatic carbocycles. The number of nitrogens with one attached hydrogen (secondary N) is 1. The third-order valence-corrected chi connectivity index (χ3v) is 6.15. The Labute approximate surface area is 222 Å². The van der Waals surface area contributed by atoms with Gasteiger partial charge in [-0.25, -0.2) is 14.6 Å². The summed E-state index contributed by atoms with van der Waals surface area (Å²) in [5.41, 5.74) is 1.54. The standard InChI is InChI=1S/C24H38O4.C7H6N2/c1-3-5-7-9-11-15-19-27-23(25)21-17-13-14-18-22(21)24(26)28-20-16-12-10-8-6-4-2;1-2-6-3-5-9-7(6)8-4-1/h13-14,17-18H,3-12,15-16,19-20H2,1-2H3;1-5H,(H,8,9). The van der Waals surface area contributed by atoms with Crippen molar-refractivity contribution in [1.82, 2.24) is 9.97 Å². The molecule has 0 saturated heterocycles. The molecular formula is C31H44N2O4. The first-order chi connectivity index (χ1) is 18.2. The Hall–Kier alpha value is -3.15. The molecule has 202 valence electrons. The van der Waals surface area contributed by atoms with Gasteiger partial charge in [0.2, 0.25) is 0 Å². The first-order valence-corrected chi connectivity index (χ1v) is 14.0. The van der Waals surface area contributed by atoms with Crippen LogP contribution in [0.5, 0.6) is 0 Å². The predicted molar refractivity (Wildman–Crippen MR) is 150 cm³/mol. The van der Waals surface area contributed by atoms with Gasteiger partial charge in [0.15, 0.2) is 0 Å². The van der Waals surface area contributed by atoms with Gasteiger partial charge in [0.1, 0.15) is 5.65 Å². The molecule has 2 heterocycles. The molecule has 1 N–H and O–H groups in total. The quantitative estimate of drug-likeness (QED) is 0.155. The largest absolute Gasteiger partial charge is 0.462 e. The summed E-state index contributed by atoms with van der Waals surface area (Å²) in [4.78, 5) is 31.8. The maximum Gasteiger partial charge on any atom is 0.339 e. The van der Waals surface area contributed by atoms with Crippen molar-refractivity contribution < 1.29 is 19.1 Å². The third kappa shape index (κ3) is 12.1. The lowest BCUT2D eigenvalue weighted by molar-refractivity contribution is 0.0450. The first kappa shape index (κ1) is 30.1. The Balaban J connectivity index is 0.000000439. The maximum atomic E-state index is 12.4. The number of carbonyl (C=O) groups excluding carboxylic acids is 2. The molecule has 3 aromatic rings. The van der Waals surface area contributed by atoms with E-state index in [2.05, 4.69) is 23.8 Å². The number of H-pyrrole nitrogens is 1. The number of rotatable bonds is 16. The summed E-state index contributed by atoms with van der Waals surface area (Å²) in [6, 6.07) is 12.7. The van der Waals surface area contributed by atoms with E-state index in [1.54, 1.807) is 30.5 Å². The minimum atomic E-state index is -0.444. The highest BCUT2D eigenvalue weighted by Crippen LogP contribution is 2.14. The molecule has 3 rings (SSSR count). The highest BCUT2D eigenvalue weighted by Gasteiger charge is 2.18. The van der Waals surface area contributed by atoms with E-state index in [9.17, 15) is 9.59 Å². The number of aromatic amines is 1. The smallest absolute Gasteiger partial charge is 0.339 e. The Morgan fingerprint density at radius 1 is 0.676 bits per heavy atom. The number of aromatic nitrogens is 2. The molecule has 0 atom stereocenters. The summed E-state index contributed by atoms with van der Waals surface area (Å²) in [6.07, 6.45) is 17.3. The molecule has 1 aromatic carbocycles. The van der Waals surface area contributed by atoms with Crippen LogP contribution in [0.4, 0.5) is 0 Å². The topological polar surface area (TPSA) is 81.3 Å². The summed E-state index contributed by atoms with van der Waals surface area (Å²) in [7, 11) is 0. The molecule has 0 aliphatic heterocycles. The number of ether oxygens (including phenoxy) is 2. The van der Waals surface area contributed by atoms with Crippen LogP contribution in [-0.2, 0) is 9.47 Å². The van der Waals surface area contributed by atoms with Crippen molar-refractivity contribution in [2.45, 2.75) is 90.9 Å². The summed E-state index contributed by atoms with van der Waals surface area (Å²) >= 11 is 0. The summed E-state index contributed by atoms with van der Waals surface area (Å²) in [5.74, 6) is -0.888. The van der Waals surface area contributed by atoms with Crippen molar-refractivity contribution in [3.05, 3.63) is 66.0 Å².